The van der Waals surface area contributed by atoms with Gasteiger partial charge in [-0.3, -0.25) is 9.78 Å². The Hall–Kier alpha value is -1.45. The third-order valence-electron chi connectivity index (χ3n) is 0.770. The topological polar surface area (TPSA) is 54.9 Å². The van der Waals surface area contributed by atoms with Gasteiger partial charge in [-0.05, 0) is 0 Å². The van der Waals surface area contributed by atoms with Crippen molar-refractivity contribution in [3.8, 4) is 0 Å². The lowest BCUT2D eigenvalue weighted by Gasteiger charge is -1.91. The second-order valence-electron chi connectivity index (χ2n) is 1.35. The number of amides is 1. The molecule has 4 nitrogen and oxygen atoms in total. The van der Waals surface area contributed by atoms with Crippen LogP contribution in [-0.4, -0.2) is 16.4 Å². The SMILES string of the molecule is CC.O=CNc1cnccn1. The van der Waals surface area contributed by atoms with Crippen molar-refractivity contribution in [1.29, 1.82) is 0 Å². The summed E-state index contributed by atoms with van der Waals surface area (Å²) in [6, 6.07) is 0. The lowest BCUT2D eigenvalue weighted by Crippen LogP contribution is -1.95. The fourth-order valence-electron chi connectivity index (χ4n) is 0.434. The van der Waals surface area contributed by atoms with Crippen LogP contribution in [-0.2, 0) is 4.79 Å². The van der Waals surface area contributed by atoms with Crippen LogP contribution in [0.2, 0.25) is 0 Å². The molecule has 1 heterocycles. The second-order valence-corrected chi connectivity index (χ2v) is 1.35. The van der Waals surface area contributed by atoms with Gasteiger partial charge in [-0.25, -0.2) is 4.98 Å². The standard InChI is InChI=1S/C5H5N3O.C2H6/c9-4-8-5-3-6-1-2-7-5;1-2/h1-4H,(H,7,8,9);1-2H3. The quantitative estimate of drug-likeness (QED) is 0.646. The molecular weight excluding hydrogens is 142 g/mol. The summed E-state index contributed by atoms with van der Waals surface area (Å²) in [4.78, 5) is 17.3. The minimum absolute atomic E-state index is 0.465. The zero-order valence-electron chi connectivity index (χ0n) is 6.61. The van der Waals surface area contributed by atoms with E-state index in [1.165, 1.54) is 18.6 Å². The van der Waals surface area contributed by atoms with Crippen LogP contribution in [0.5, 0.6) is 0 Å². The maximum Gasteiger partial charge on any atom is 0.212 e. The molecule has 1 aromatic rings. The first-order chi connectivity index (χ1) is 5.43. The Morgan fingerprint density at radius 3 is 2.64 bits per heavy atom. The predicted molar refractivity (Wildman–Crippen MR) is 43.1 cm³/mol. The van der Waals surface area contributed by atoms with Gasteiger partial charge in [-0.15, -0.1) is 0 Å². The van der Waals surface area contributed by atoms with Crippen molar-refractivity contribution < 1.29 is 4.79 Å². The van der Waals surface area contributed by atoms with E-state index in [0.717, 1.165) is 0 Å². The average molecular weight is 153 g/mol. The minimum Gasteiger partial charge on any atom is -0.312 e. The summed E-state index contributed by atoms with van der Waals surface area (Å²) in [7, 11) is 0. The first kappa shape index (κ1) is 9.55. The number of anilines is 1. The molecule has 0 aliphatic carbocycles. The molecule has 0 unspecified atom stereocenters. The smallest absolute Gasteiger partial charge is 0.212 e. The Bertz CT molecular complexity index is 188. The van der Waals surface area contributed by atoms with Gasteiger partial charge in [0.2, 0.25) is 6.41 Å². The highest BCUT2D eigenvalue weighted by Gasteiger charge is 1.84. The molecule has 0 fully saturated rings. The fourth-order valence-corrected chi connectivity index (χ4v) is 0.434. The Labute approximate surface area is 65.7 Å². The van der Waals surface area contributed by atoms with Crippen LogP contribution in [0.1, 0.15) is 13.8 Å². The molecule has 0 saturated heterocycles. The summed E-state index contributed by atoms with van der Waals surface area (Å²) in [5.41, 5.74) is 0. The van der Waals surface area contributed by atoms with Gasteiger partial charge in [0.25, 0.3) is 0 Å². The largest absolute Gasteiger partial charge is 0.312 e. The summed E-state index contributed by atoms with van der Waals surface area (Å²) in [6.45, 7) is 4.00. The van der Waals surface area contributed by atoms with E-state index < -0.39 is 0 Å². The summed E-state index contributed by atoms with van der Waals surface area (Å²) in [5, 5.41) is 2.35. The van der Waals surface area contributed by atoms with Crippen molar-refractivity contribution in [2.45, 2.75) is 13.8 Å². The molecule has 60 valence electrons. The van der Waals surface area contributed by atoms with Crippen molar-refractivity contribution >= 4 is 12.2 Å². The van der Waals surface area contributed by atoms with Gasteiger partial charge in [0.15, 0.2) is 5.82 Å². The highest BCUT2D eigenvalue weighted by molar-refractivity contribution is 5.67. The Balaban J connectivity index is 0.000000461. The second kappa shape index (κ2) is 6.67. The summed E-state index contributed by atoms with van der Waals surface area (Å²) >= 11 is 0. The molecule has 0 aliphatic heterocycles. The molecule has 0 radical (unpaired) electrons. The van der Waals surface area contributed by atoms with Gasteiger partial charge >= 0.3 is 0 Å². The number of nitrogens with zero attached hydrogens (tertiary/aromatic N) is 2. The average Bonchev–Trinajstić information content (AvgIpc) is 2.11. The Morgan fingerprint density at radius 1 is 1.45 bits per heavy atom. The number of nitrogens with one attached hydrogen (secondary N) is 1. The molecule has 1 rings (SSSR count). The Kier molecular flexibility index (Phi) is 5.79. The van der Waals surface area contributed by atoms with Crippen molar-refractivity contribution in [1.82, 2.24) is 9.97 Å². The molecular formula is C7H11N3O. The molecule has 0 bridgehead atoms. The summed E-state index contributed by atoms with van der Waals surface area (Å²) in [6.07, 6.45) is 5.07. The van der Waals surface area contributed by atoms with E-state index in [1.807, 2.05) is 13.8 Å². The number of hydrogen-bond donors (Lipinski definition) is 1. The van der Waals surface area contributed by atoms with Crippen LogP contribution in [0.3, 0.4) is 0 Å². The molecule has 0 aromatic carbocycles. The third-order valence-corrected chi connectivity index (χ3v) is 0.770. The van der Waals surface area contributed by atoms with Crippen LogP contribution in [0.15, 0.2) is 18.6 Å². The van der Waals surface area contributed by atoms with E-state index in [0.29, 0.717) is 12.2 Å². The molecule has 11 heavy (non-hydrogen) atoms. The molecule has 0 saturated carbocycles. The zero-order valence-corrected chi connectivity index (χ0v) is 6.61. The lowest BCUT2D eigenvalue weighted by atomic mass is 10.7. The minimum atomic E-state index is 0.465. The van der Waals surface area contributed by atoms with Crippen molar-refractivity contribution in [3.63, 3.8) is 0 Å². The normalized spacial score (nSPS) is 7.45. The van der Waals surface area contributed by atoms with Gasteiger partial charge in [-0.2, -0.15) is 0 Å². The van der Waals surface area contributed by atoms with E-state index >= 15 is 0 Å². The number of rotatable bonds is 2. The van der Waals surface area contributed by atoms with Crippen LogP contribution in [0, 0.1) is 0 Å². The zero-order chi connectivity index (χ0) is 8.53. The van der Waals surface area contributed by atoms with E-state index in [2.05, 4.69) is 15.3 Å². The van der Waals surface area contributed by atoms with Crippen LogP contribution < -0.4 is 5.32 Å². The van der Waals surface area contributed by atoms with Gasteiger partial charge in [0, 0.05) is 12.4 Å². The number of carbonyl (C=O) groups is 1. The molecule has 0 atom stereocenters. The van der Waals surface area contributed by atoms with Crippen molar-refractivity contribution in [2.75, 3.05) is 5.32 Å². The van der Waals surface area contributed by atoms with E-state index in [-0.39, 0.29) is 0 Å². The van der Waals surface area contributed by atoms with E-state index in [4.69, 9.17) is 0 Å². The number of hydrogen-bond acceptors (Lipinski definition) is 3. The monoisotopic (exact) mass is 153 g/mol. The van der Waals surface area contributed by atoms with Gasteiger partial charge in [-0.1, -0.05) is 13.8 Å². The molecule has 1 aromatic heterocycles. The van der Waals surface area contributed by atoms with Gasteiger partial charge < -0.3 is 5.32 Å². The fraction of sp³-hybridized carbons (Fsp3) is 0.286. The lowest BCUT2D eigenvalue weighted by molar-refractivity contribution is -0.105. The van der Waals surface area contributed by atoms with Crippen LogP contribution in [0.4, 0.5) is 5.82 Å². The van der Waals surface area contributed by atoms with Crippen LogP contribution >= 0.6 is 0 Å². The molecule has 4 heteroatoms. The molecule has 0 aliphatic rings. The predicted octanol–water partition coefficient (Wildman–Crippen LogP) is 1.07. The summed E-state index contributed by atoms with van der Waals surface area (Å²) < 4.78 is 0. The molecule has 1 N–H and O–H groups in total. The van der Waals surface area contributed by atoms with Gasteiger partial charge in [0.1, 0.15) is 0 Å². The number of carbonyl (C=O) groups excluding carboxylic acids is 1. The van der Waals surface area contributed by atoms with E-state index in [1.54, 1.807) is 0 Å². The molecule has 1 amide bonds. The van der Waals surface area contributed by atoms with Crippen LogP contribution in [0.25, 0.3) is 0 Å². The number of aromatic nitrogens is 2. The first-order valence-electron chi connectivity index (χ1n) is 3.39. The van der Waals surface area contributed by atoms with E-state index in [9.17, 15) is 4.79 Å². The third kappa shape index (κ3) is 4.02. The highest BCUT2D eigenvalue weighted by atomic mass is 16.1. The maximum atomic E-state index is 9.80. The summed E-state index contributed by atoms with van der Waals surface area (Å²) in [5.74, 6) is 0.465. The first-order valence-corrected chi connectivity index (χ1v) is 3.39. The van der Waals surface area contributed by atoms with Crippen molar-refractivity contribution in [3.05, 3.63) is 18.6 Å². The van der Waals surface area contributed by atoms with Crippen molar-refractivity contribution in [2.24, 2.45) is 0 Å². The highest BCUT2D eigenvalue weighted by Crippen LogP contribution is 1.92. The maximum absolute atomic E-state index is 9.80. The molecule has 0 spiro atoms. The Morgan fingerprint density at radius 2 is 2.18 bits per heavy atom. The van der Waals surface area contributed by atoms with Gasteiger partial charge in [0.05, 0.1) is 6.20 Å².